The third kappa shape index (κ3) is 3.67. The van der Waals surface area contributed by atoms with Gasteiger partial charge in [-0.2, -0.15) is 5.10 Å². The van der Waals surface area contributed by atoms with Crippen LogP contribution in [0.5, 0.6) is 11.5 Å². The fourth-order valence-electron chi connectivity index (χ4n) is 2.00. The maximum absolute atomic E-state index is 9.56. The third-order valence-corrected chi connectivity index (χ3v) is 3.90. The molecular formula is C17H15N3O2S. The van der Waals surface area contributed by atoms with E-state index in [9.17, 15) is 5.11 Å². The number of thiazole rings is 1. The quantitative estimate of drug-likeness (QED) is 0.550. The van der Waals surface area contributed by atoms with Gasteiger partial charge < -0.3 is 9.84 Å². The molecule has 2 aromatic carbocycles. The number of benzene rings is 2. The van der Waals surface area contributed by atoms with Gasteiger partial charge in [0, 0.05) is 10.9 Å². The molecule has 0 aliphatic rings. The zero-order chi connectivity index (χ0) is 16.1. The molecule has 0 atom stereocenters. The van der Waals surface area contributed by atoms with Crippen molar-refractivity contribution >= 4 is 22.7 Å². The highest BCUT2D eigenvalue weighted by atomic mass is 32.1. The Bertz CT molecular complexity index is 816. The summed E-state index contributed by atoms with van der Waals surface area (Å²) in [7, 11) is 1.51. The molecule has 0 saturated carbocycles. The van der Waals surface area contributed by atoms with E-state index >= 15 is 0 Å². The highest BCUT2D eigenvalue weighted by Gasteiger charge is 2.03. The first-order valence-corrected chi connectivity index (χ1v) is 7.81. The molecule has 0 radical (unpaired) electrons. The zero-order valence-corrected chi connectivity index (χ0v) is 13.2. The van der Waals surface area contributed by atoms with Gasteiger partial charge in [-0.05, 0) is 23.8 Å². The van der Waals surface area contributed by atoms with Gasteiger partial charge in [-0.3, -0.25) is 5.43 Å². The number of nitrogens with one attached hydrogen (secondary N) is 1. The molecule has 116 valence electrons. The molecule has 2 N–H and O–H groups in total. The van der Waals surface area contributed by atoms with Crippen molar-refractivity contribution in [3.05, 3.63) is 59.5 Å². The summed E-state index contributed by atoms with van der Waals surface area (Å²) in [4.78, 5) is 4.49. The second-order valence-corrected chi connectivity index (χ2v) is 5.56. The van der Waals surface area contributed by atoms with Gasteiger partial charge in [0.1, 0.15) is 0 Å². The van der Waals surface area contributed by atoms with E-state index in [0.717, 1.165) is 16.8 Å². The van der Waals surface area contributed by atoms with Gasteiger partial charge in [-0.1, -0.05) is 30.3 Å². The molecule has 0 aliphatic carbocycles. The average Bonchev–Trinajstić information content (AvgIpc) is 3.06. The molecule has 0 unspecified atom stereocenters. The Morgan fingerprint density at radius 2 is 2.04 bits per heavy atom. The third-order valence-electron chi connectivity index (χ3n) is 3.15. The SMILES string of the molecule is COc1cc(C=NNc2nc(-c3ccccc3)cs2)ccc1O. The predicted octanol–water partition coefficient (Wildman–Crippen LogP) is 3.97. The summed E-state index contributed by atoms with van der Waals surface area (Å²) in [6, 6.07) is 15.0. The number of hydrogen-bond acceptors (Lipinski definition) is 6. The van der Waals surface area contributed by atoms with Crippen molar-refractivity contribution < 1.29 is 9.84 Å². The largest absolute Gasteiger partial charge is 0.504 e. The van der Waals surface area contributed by atoms with Crippen molar-refractivity contribution in [2.45, 2.75) is 0 Å². The number of phenolic OH excluding ortho intramolecular Hbond substituents is 1. The minimum absolute atomic E-state index is 0.102. The Labute approximate surface area is 137 Å². The van der Waals surface area contributed by atoms with Crippen LogP contribution < -0.4 is 10.2 Å². The highest BCUT2D eigenvalue weighted by Crippen LogP contribution is 2.26. The van der Waals surface area contributed by atoms with E-state index < -0.39 is 0 Å². The summed E-state index contributed by atoms with van der Waals surface area (Å²) in [5.41, 5.74) is 5.71. The van der Waals surface area contributed by atoms with Crippen LogP contribution in [0, 0.1) is 0 Å². The van der Waals surface area contributed by atoms with E-state index in [4.69, 9.17) is 4.74 Å². The summed E-state index contributed by atoms with van der Waals surface area (Å²) in [5.74, 6) is 0.514. The lowest BCUT2D eigenvalue weighted by molar-refractivity contribution is 0.373. The van der Waals surface area contributed by atoms with Crippen molar-refractivity contribution in [3.8, 4) is 22.8 Å². The first-order valence-electron chi connectivity index (χ1n) is 6.93. The van der Waals surface area contributed by atoms with E-state index in [1.54, 1.807) is 24.4 Å². The number of rotatable bonds is 5. The molecule has 1 heterocycles. The minimum Gasteiger partial charge on any atom is -0.504 e. The van der Waals surface area contributed by atoms with Gasteiger partial charge in [-0.25, -0.2) is 4.98 Å². The molecule has 1 aromatic heterocycles. The lowest BCUT2D eigenvalue weighted by Crippen LogP contribution is -1.91. The molecule has 0 spiro atoms. The van der Waals surface area contributed by atoms with E-state index in [1.165, 1.54) is 18.4 Å². The van der Waals surface area contributed by atoms with Crippen molar-refractivity contribution in [1.29, 1.82) is 0 Å². The van der Waals surface area contributed by atoms with Crippen LogP contribution >= 0.6 is 11.3 Å². The number of aromatic hydroxyl groups is 1. The second-order valence-electron chi connectivity index (χ2n) is 4.71. The Hall–Kier alpha value is -2.86. The van der Waals surface area contributed by atoms with Crippen molar-refractivity contribution in [1.82, 2.24) is 4.98 Å². The number of nitrogens with zero attached hydrogens (tertiary/aromatic N) is 2. The normalized spacial score (nSPS) is 10.8. The number of aromatic nitrogens is 1. The van der Waals surface area contributed by atoms with Gasteiger partial charge in [0.05, 0.1) is 19.0 Å². The maximum atomic E-state index is 9.56. The van der Waals surface area contributed by atoms with E-state index in [0.29, 0.717) is 10.9 Å². The van der Waals surface area contributed by atoms with Crippen LogP contribution in [0.4, 0.5) is 5.13 Å². The van der Waals surface area contributed by atoms with Crippen LogP contribution in [0.25, 0.3) is 11.3 Å². The number of hydrogen-bond donors (Lipinski definition) is 2. The molecule has 0 aliphatic heterocycles. The number of hydrazone groups is 1. The maximum Gasteiger partial charge on any atom is 0.203 e. The number of phenols is 1. The van der Waals surface area contributed by atoms with Crippen molar-refractivity contribution in [2.24, 2.45) is 5.10 Å². The fraction of sp³-hybridized carbons (Fsp3) is 0.0588. The van der Waals surface area contributed by atoms with Crippen LogP contribution in [-0.4, -0.2) is 23.4 Å². The Balaban J connectivity index is 1.68. The number of anilines is 1. The fourth-order valence-corrected chi connectivity index (χ4v) is 2.67. The molecule has 3 aromatic rings. The summed E-state index contributed by atoms with van der Waals surface area (Å²) >= 11 is 1.49. The molecular weight excluding hydrogens is 310 g/mol. The molecule has 0 bridgehead atoms. The topological polar surface area (TPSA) is 66.7 Å². The summed E-state index contributed by atoms with van der Waals surface area (Å²) in [6.45, 7) is 0. The van der Waals surface area contributed by atoms with Crippen LogP contribution in [0.15, 0.2) is 59.0 Å². The Morgan fingerprint density at radius 1 is 1.22 bits per heavy atom. The van der Waals surface area contributed by atoms with Gasteiger partial charge >= 0.3 is 0 Å². The Kier molecular flexibility index (Phi) is 4.54. The van der Waals surface area contributed by atoms with Crippen molar-refractivity contribution in [3.63, 3.8) is 0 Å². The molecule has 0 fully saturated rings. The first-order chi connectivity index (χ1) is 11.3. The monoisotopic (exact) mass is 325 g/mol. The molecule has 5 nitrogen and oxygen atoms in total. The number of ether oxygens (including phenoxy) is 1. The lowest BCUT2D eigenvalue weighted by Gasteiger charge is -2.03. The average molecular weight is 325 g/mol. The summed E-state index contributed by atoms with van der Waals surface area (Å²) in [5, 5.41) is 16.4. The lowest BCUT2D eigenvalue weighted by atomic mass is 10.2. The van der Waals surface area contributed by atoms with E-state index in [1.807, 2.05) is 35.7 Å². The zero-order valence-electron chi connectivity index (χ0n) is 12.4. The predicted molar refractivity (Wildman–Crippen MR) is 93.4 cm³/mol. The highest BCUT2D eigenvalue weighted by molar-refractivity contribution is 7.14. The van der Waals surface area contributed by atoms with Crippen molar-refractivity contribution in [2.75, 3.05) is 12.5 Å². The molecule has 23 heavy (non-hydrogen) atoms. The molecule has 3 rings (SSSR count). The molecule has 0 amide bonds. The van der Waals surface area contributed by atoms with Gasteiger partial charge in [0.2, 0.25) is 5.13 Å². The summed E-state index contributed by atoms with van der Waals surface area (Å²) < 4.78 is 5.06. The van der Waals surface area contributed by atoms with Crippen LogP contribution in [-0.2, 0) is 0 Å². The minimum atomic E-state index is 0.102. The standard InChI is InChI=1S/C17H15N3O2S/c1-22-16-9-12(7-8-15(16)21)10-18-20-17-19-14(11-23-17)13-5-3-2-4-6-13/h2-11,21H,1H3,(H,19,20). The first kappa shape index (κ1) is 15.1. The van der Waals surface area contributed by atoms with Crippen LogP contribution in [0.3, 0.4) is 0 Å². The van der Waals surface area contributed by atoms with E-state index in [-0.39, 0.29) is 5.75 Å². The van der Waals surface area contributed by atoms with E-state index in [2.05, 4.69) is 15.5 Å². The van der Waals surface area contributed by atoms with Crippen LogP contribution in [0.2, 0.25) is 0 Å². The summed E-state index contributed by atoms with van der Waals surface area (Å²) in [6.07, 6.45) is 1.64. The molecule has 0 saturated heterocycles. The van der Waals surface area contributed by atoms with Crippen LogP contribution in [0.1, 0.15) is 5.56 Å². The van der Waals surface area contributed by atoms with Gasteiger partial charge in [-0.15, -0.1) is 11.3 Å². The number of methoxy groups -OCH3 is 1. The van der Waals surface area contributed by atoms with Gasteiger partial charge in [0.25, 0.3) is 0 Å². The second kappa shape index (κ2) is 6.93. The Morgan fingerprint density at radius 3 is 2.83 bits per heavy atom. The van der Waals surface area contributed by atoms with Gasteiger partial charge in [0.15, 0.2) is 11.5 Å². The smallest absolute Gasteiger partial charge is 0.203 e. The molecule has 6 heteroatoms.